The van der Waals surface area contributed by atoms with Crippen LogP contribution in [-0.2, 0) is 28.7 Å². The fraction of sp³-hybridized carbons (Fsp3) is 0.280. The van der Waals surface area contributed by atoms with E-state index in [9.17, 15) is 27.2 Å². The van der Waals surface area contributed by atoms with Gasteiger partial charge < -0.3 is 10.2 Å². The molecule has 1 aliphatic rings. The van der Waals surface area contributed by atoms with Gasteiger partial charge in [-0.1, -0.05) is 30.3 Å². The Morgan fingerprint density at radius 3 is 2.56 bits per heavy atom. The Labute approximate surface area is 198 Å². The van der Waals surface area contributed by atoms with Gasteiger partial charge in [-0.15, -0.1) is 11.3 Å². The minimum absolute atomic E-state index is 0.0558. The quantitative estimate of drug-likeness (QED) is 0.466. The molecule has 9 heteroatoms. The van der Waals surface area contributed by atoms with Crippen LogP contribution in [0.5, 0.6) is 0 Å². The third kappa shape index (κ3) is 5.30. The average molecular weight is 491 g/mol. The molecule has 3 aromatic rings. The van der Waals surface area contributed by atoms with E-state index < -0.39 is 30.0 Å². The summed E-state index contributed by atoms with van der Waals surface area (Å²) in [6.45, 7) is 0.139. The highest BCUT2D eigenvalue weighted by atomic mass is 32.1. The van der Waals surface area contributed by atoms with E-state index in [-0.39, 0.29) is 30.4 Å². The van der Waals surface area contributed by atoms with Gasteiger partial charge in [0.15, 0.2) is 0 Å². The van der Waals surface area contributed by atoms with Gasteiger partial charge in [-0.25, -0.2) is 4.39 Å². The van der Waals surface area contributed by atoms with Crippen LogP contribution >= 0.6 is 11.3 Å². The van der Waals surface area contributed by atoms with E-state index in [1.165, 1.54) is 4.88 Å². The molecule has 4 rings (SSSR count). The Balaban J connectivity index is 1.38. The van der Waals surface area contributed by atoms with E-state index in [0.717, 1.165) is 23.6 Å². The summed E-state index contributed by atoms with van der Waals surface area (Å²) in [4.78, 5) is 28.3. The van der Waals surface area contributed by atoms with Crippen LogP contribution in [0.3, 0.4) is 0 Å². The molecular formula is C25H22F4N2O2S. The summed E-state index contributed by atoms with van der Waals surface area (Å²) in [7, 11) is 0. The Hall–Kier alpha value is -3.20. The number of fused-ring (bicyclic) bond motifs is 1. The van der Waals surface area contributed by atoms with Crippen molar-refractivity contribution in [1.82, 2.24) is 10.2 Å². The molecule has 0 saturated heterocycles. The van der Waals surface area contributed by atoms with Gasteiger partial charge in [0, 0.05) is 36.4 Å². The zero-order valence-electron chi connectivity index (χ0n) is 18.1. The van der Waals surface area contributed by atoms with Crippen LogP contribution in [0.25, 0.3) is 0 Å². The van der Waals surface area contributed by atoms with Crippen LogP contribution in [0.2, 0.25) is 0 Å². The number of nitrogens with zero attached hydrogens (tertiary/aromatic N) is 1. The molecule has 1 atom stereocenters. The highest BCUT2D eigenvalue weighted by molar-refractivity contribution is 7.10. The van der Waals surface area contributed by atoms with Gasteiger partial charge in [0.25, 0.3) is 0 Å². The van der Waals surface area contributed by atoms with Crippen molar-refractivity contribution in [3.63, 3.8) is 0 Å². The summed E-state index contributed by atoms with van der Waals surface area (Å²) in [5, 5.41) is 4.42. The molecule has 1 unspecified atom stereocenters. The van der Waals surface area contributed by atoms with Crippen molar-refractivity contribution in [1.29, 1.82) is 0 Å². The second kappa shape index (κ2) is 9.97. The number of carbonyl (C=O) groups excluding carboxylic acids is 2. The summed E-state index contributed by atoms with van der Waals surface area (Å²) in [5.74, 6) is -1.56. The van der Waals surface area contributed by atoms with Crippen LogP contribution < -0.4 is 5.32 Å². The molecule has 1 aliphatic heterocycles. The number of hydrogen-bond acceptors (Lipinski definition) is 3. The lowest BCUT2D eigenvalue weighted by atomic mass is 9.93. The standard InChI is InChI=1S/C25H22F4N2O2S/c26-20-7-6-18(25(27,28)29)14-17(20)15-30-22(32)8-9-23(33)31-12-10-21-19(11-13-34-21)24(31)16-4-2-1-3-5-16/h1-7,11,13-14,24H,8-10,12,15H2,(H,30,32). The number of halogens is 4. The van der Waals surface area contributed by atoms with Crippen molar-refractivity contribution in [3.05, 3.63) is 92.9 Å². The molecule has 0 fully saturated rings. The zero-order chi connectivity index (χ0) is 24.3. The molecule has 0 aliphatic carbocycles. The molecule has 1 aromatic heterocycles. The van der Waals surface area contributed by atoms with E-state index >= 15 is 0 Å². The molecule has 0 spiro atoms. The lowest BCUT2D eigenvalue weighted by Gasteiger charge is -2.36. The lowest BCUT2D eigenvalue weighted by Crippen LogP contribution is -2.40. The second-order valence-corrected chi connectivity index (χ2v) is 9.03. The SMILES string of the molecule is O=C(CCC(=O)N1CCc2sccc2C1c1ccccc1)NCc1cc(C(F)(F)F)ccc1F. The molecule has 2 amide bonds. The number of rotatable bonds is 6. The van der Waals surface area contributed by atoms with Crippen molar-refractivity contribution in [2.24, 2.45) is 0 Å². The highest BCUT2D eigenvalue weighted by Gasteiger charge is 2.33. The monoisotopic (exact) mass is 490 g/mol. The fourth-order valence-corrected chi connectivity index (χ4v) is 5.02. The second-order valence-electron chi connectivity index (χ2n) is 8.03. The van der Waals surface area contributed by atoms with E-state index in [0.29, 0.717) is 18.7 Å². The first-order valence-electron chi connectivity index (χ1n) is 10.8. The topological polar surface area (TPSA) is 49.4 Å². The number of carbonyl (C=O) groups is 2. The van der Waals surface area contributed by atoms with Crippen LogP contribution in [0, 0.1) is 5.82 Å². The lowest BCUT2D eigenvalue weighted by molar-refractivity contribution is -0.137. The maximum Gasteiger partial charge on any atom is 0.416 e. The van der Waals surface area contributed by atoms with Crippen LogP contribution in [-0.4, -0.2) is 23.3 Å². The first kappa shape index (κ1) is 23.9. The molecule has 0 radical (unpaired) electrons. The molecular weight excluding hydrogens is 468 g/mol. The number of nitrogens with one attached hydrogen (secondary N) is 1. The molecule has 4 nitrogen and oxygen atoms in total. The minimum atomic E-state index is -4.61. The molecule has 0 bridgehead atoms. The van der Waals surface area contributed by atoms with Gasteiger partial charge in [0.1, 0.15) is 5.82 Å². The smallest absolute Gasteiger partial charge is 0.352 e. The van der Waals surface area contributed by atoms with Crippen molar-refractivity contribution >= 4 is 23.2 Å². The maximum absolute atomic E-state index is 13.9. The number of amides is 2. The van der Waals surface area contributed by atoms with E-state index in [2.05, 4.69) is 5.32 Å². The van der Waals surface area contributed by atoms with Crippen molar-refractivity contribution < 1.29 is 27.2 Å². The predicted molar refractivity (Wildman–Crippen MR) is 121 cm³/mol. The van der Waals surface area contributed by atoms with Crippen molar-refractivity contribution in [3.8, 4) is 0 Å². The van der Waals surface area contributed by atoms with Gasteiger partial charge in [-0.05, 0) is 47.2 Å². The average Bonchev–Trinajstić information content (AvgIpc) is 3.30. The summed E-state index contributed by atoms with van der Waals surface area (Å²) in [6, 6.07) is 13.5. The zero-order valence-corrected chi connectivity index (χ0v) is 18.9. The first-order valence-corrected chi connectivity index (χ1v) is 11.6. The maximum atomic E-state index is 13.9. The van der Waals surface area contributed by atoms with Crippen LogP contribution in [0.1, 0.15) is 46.0 Å². The fourth-order valence-electron chi connectivity index (χ4n) is 4.11. The Morgan fingerprint density at radius 2 is 1.82 bits per heavy atom. The molecule has 34 heavy (non-hydrogen) atoms. The summed E-state index contributed by atoms with van der Waals surface area (Å²) in [6.07, 6.45) is -4.07. The van der Waals surface area contributed by atoms with Gasteiger partial charge in [-0.2, -0.15) is 13.2 Å². The highest BCUT2D eigenvalue weighted by Crippen LogP contribution is 2.38. The van der Waals surface area contributed by atoms with E-state index in [1.54, 1.807) is 16.2 Å². The Morgan fingerprint density at radius 1 is 1.06 bits per heavy atom. The van der Waals surface area contributed by atoms with E-state index in [4.69, 9.17) is 0 Å². The predicted octanol–water partition coefficient (Wildman–Crippen LogP) is 5.48. The molecule has 2 aromatic carbocycles. The van der Waals surface area contributed by atoms with Gasteiger partial charge in [0.05, 0.1) is 11.6 Å². The summed E-state index contributed by atoms with van der Waals surface area (Å²) >= 11 is 1.66. The van der Waals surface area contributed by atoms with Crippen molar-refractivity contribution in [2.45, 2.75) is 38.0 Å². The number of alkyl halides is 3. The molecule has 0 saturated carbocycles. The van der Waals surface area contributed by atoms with Crippen LogP contribution in [0.4, 0.5) is 17.6 Å². The van der Waals surface area contributed by atoms with Gasteiger partial charge >= 0.3 is 6.18 Å². The van der Waals surface area contributed by atoms with Gasteiger partial charge in [0.2, 0.25) is 11.8 Å². The number of thiophene rings is 1. The molecule has 1 N–H and O–H groups in total. The summed E-state index contributed by atoms with van der Waals surface area (Å²) in [5.41, 5.74) is 0.817. The third-order valence-corrected chi connectivity index (χ3v) is 6.81. The van der Waals surface area contributed by atoms with Crippen molar-refractivity contribution in [2.75, 3.05) is 6.54 Å². The minimum Gasteiger partial charge on any atom is -0.352 e. The first-order chi connectivity index (χ1) is 16.2. The normalized spacial score (nSPS) is 15.6. The Bertz CT molecular complexity index is 1180. The van der Waals surface area contributed by atoms with Gasteiger partial charge in [-0.3, -0.25) is 9.59 Å². The molecule has 2 heterocycles. The largest absolute Gasteiger partial charge is 0.416 e. The van der Waals surface area contributed by atoms with Crippen LogP contribution in [0.15, 0.2) is 60.0 Å². The third-order valence-electron chi connectivity index (χ3n) is 5.82. The Kier molecular flexibility index (Phi) is 7.02. The number of hydrogen-bond donors (Lipinski definition) is 1. The number of benzene rings is 2. The summed E-state index contributed by atoms with van der Waals surface area (Å²) < 4.78 is 52.5. The van der Waals surface area contributed by atoms with E-state index in [1.807, 2.05) is 41.8 Å². The molecule has 178 valence electrons.